The third kappa shape index (κ3) is 2.02. The van der Waals surface area contributed by atoms with Crippen molar-refractivity contribution in [2.75, 3.05) is 0 Å². The fourth-order valence-corrected chi connectivity index (χ4v) is 4.68. The summed E-state index contributed by atoms with van der Waals surface area (Å²) in [4.78, 5) is 26.0. The molecule has 3 nitrogen and oxygen atoms in total. The zero-order valence-electron chi connectivity index (χ0n) is 13.9. The fourth-order valence-electron chi connectivity index (χ4n) is 4.68. The molecular weight excluding hydrogens is 288 g/mol. The van der Waals surface area contributed by atoms with Gasteiger partial charge in [0.2, 0.25) is 5.78 Å². The van der Waals surface area contributed by atoms with Gasteiger partial charge in [-0.25, -0.2) is 0 Å². The lowest BCUT2D eigenvalue weighted by molar-refractivity contribution is -0.0694. The maximum absolute atomic E-state index is 13.1. The van der Waals surface area contributed by atoms with Crippen LogP contribution in [0.4, 0.5) is 0 Å². The molecule has 0 bridgehead atoms. The SMILES string of the molecule is C[C@@H]1CC[C@H]2[C@H](C1)C1=C(OC2(C)C)C(=O)c2ccccc2C1=O. The Morgan fingerprint density at radius 3 is 2.39 bits per heavy atom. The molecule has 0 spiro atoms. The number of carbonyl (C=O) groups excluding carboxylic acids is 2. The predicted octanol–water partition coefficient (Wildman–Crippen LogP) is 4.18. The van der Waals surface area contributed by atoms with E-state index in [9.17, 15) is 9.59 Å². The van der Waals surface area contributed by atoms with Gasteiger partial charge in [-0.15, -0.1) is 0 Å². The van der Waals surface area contributed by atoms with Crippen LogP contribution in [0.2, 0.25) is 0 Å². The van der Waals surface area contributed by atoms with E-state index in [0.717, 1.165) is 19.3 Å². The molecule has 1 saturated carbocycles. The van der Waals surface area contributed by atoms with Crippen molar-refractivity contribution in [2.45, 2.75) is 45.6 Å². The third-order valence-corrected chi connectivity index (χ3v) is 5.85. The van der Waals surface area contributed by atoms with Crippen molar-refractivity contribution < 1.29 is 14.3 Å². The van der Waals surface area contributed by atoms with Crippen molar-refractivity contribution in [3.63, 3.8) is 0 Å². The van der Waals surface area contributed by atoms with Crippen LogP contribution < -0.4 is 0 Å². The maximum atomic E-state index is 13.1. The first-order valence-electron chi connectivity index (χ1n) is 8.51. The highest BCUT2D eigenvalue weighted by Gasteiger charge is 2.51. The van der Waals surface area contributed by atoms with Crippen molar-refractivity contribution in [2.24, 2.45) is 17.8 Å². The first kappa shape index (κ1) is 14.7. The Kier molecular flexibility index (Phi) is 3.06. The van der Waals surface area contributed by atoms with Gasteiger partial charge in [0.05, 0.1) is 0 Å². The highest BCUT2D eigenvalue weighted by atomic mass is 16.5. The minimum Gasteiger partial charge on any atom is -0.483 e. The van der Waals surface area contributed by atoms with Gasteiger partial charge in [0.25, 0.3) is 0 Å². The molecule has 0 radical (unpaired) electrons. The van der Waals surface area contributed by atoms with Crippen LogP contribution in [0.5, 0.6) is 0 Å². The molecule has 3 heteroatoms. The van der Waals surface area contributed by atoms with E-state index < -0.39 is 5.60 Å². The van der Waals surface area contributed by atoms with Crippen LogP contribution >= 0.6 is 0 Å². The van der Waals surface area contributed by atoms with Gasteiger partial charge in [0.1, 0.15) is 5.60 Å². The molecule has 3 aliphatic rings. The van der Waals surface area contributed by atoms with Gasteiger partial charge in [0, 0.05) is 22.6 Å². The van der Waals surface area contributed by atoms with Crippen molar-refractivity contribution in [3.8, 4) is 0 Å². The quantitative estimate of drug-likeness (QED) is 0.722. The summed E-state index contributed by atoms with van der Waals surface area (Å²) in [5, 5.41) is 0. The minimum absolute atomic E-state index is 0.00481. The van der Waals surface area contributed by atoms with E-state index in [1.165, 1.54) is 0 Å². The highest BCUT2D eigenvalue weighted by molar-refractivity contribution is 6.26. The number of ketones is 2. The normalized spacial score (nSPS) is 31.9. The fraction of sp³-hybridized carbons (Fsp3) is 0.500. The summed E-state index contributed by atoms with van der Waals surface area (Å²) < 4.78 is 6.13. The molecule has 0 saturated heterocycles. The zero-order chi connectivity index (χ0) is 16.4. The number of ether oxygens (including phenoxy) is 1. The lowest BCUT2D eigenvalue weighted by Crippen LogP contribution is -2.49. The maximum Gasteiger partial charge on any atom is 0.228 e. The van der Waals surface area contributed by atoms with Crippen LogP contribution in [-0.4, -0.2) is 17.2 Å². The van der Waals surface area contributed by atoms with Gasteiger partial charge in [0.15, 0.2) is 11.5 Å². The second-order valence-electron chi connectivity index (χ2n) is 7.78. The summed E-state index contributed by atoms with van der Waals surface area (Å²) in [7, 11) is 0. The van der Waals surface area contributed by atoms with Gasteiger partial charge < -0.3 is 4.74 Å². The zero-order valence-corrected chi connectivity index (χ0v) is 13.9. The van der Waals surface area contributed by atoms with Crippen LogP contribution in [0.15, 0.2) is 35.6 Å². The van der Waals surface area contributed by atoms with Crippen LogP contribution in [0.1, 0.15) is 60.7 Å². The summed E-state index contributed by atoms with van der Waals surface area (Å²) in [6, 6.07) is 7.12. The Labute approximate surface area is 136 Å². The molecule has 0 N–H and O–H groups in total. The molecule has 120 valence electrons. The summed E-state index contributed by atoms with van der Waals surface area (Å²) in [5.41, 5.74) is 1.27. The standard InChI is InChI=1S/C20H22O3/c1-11-8-9-15-14(10-11)16-17(21)12-6-4-5-7-13(12)18(22)19(16)23-20(15,2)3/h4-7,11,14-15H,8-10H2,1-3H3/t11-,14+,15+/m1/s1. The lowest BCUT2D eigenvalue weighted by Gasteiger charge is -2.49. The van der Waals surface area contributed by atoms with Crippen molar-refractivity contribution in [1.29, 1.82) is 0 Å². The van der Waals surface area contributed by atoms with E-state index in [-0.39, 0.29) is 17.5 Å². The summed E-state index contributed by atoms with van der Waals surface area (Å²) >= 11 is 0. The van der Waals surface area contributed by atoms with E-state index in [2.05, 4.69) is 20.8 Å². The van der Waals surface area contributed by atoms with Crippen molar-refractivity contribution in [1.82, 2.24) is 0 Å². The molecule has 1 aromatic carbocycles. The molecule has 1 aromatic rings. The molecule has 3 atom stereocenters. The van der Waals surface area contributed by atoms with Crippen LogP contribution in [0.25, 0.3) is 0 Å². The second kappa shape index (κ2) is 4.80. The average Bonchev–Trinajstić information content (AvgIpc) is 2.51. The number of hydrogen-bond acceptors (Lipinski definition) is 3. The molecule has 4 rings (SSSR count). The number of allylic oxidation sites excluding steroid dienone is 2. The molecule has 23 heavy (non-hydrogen) atoms. The van der Waals surface area contributed by atoms with Crippen LogP contribution in [-0.2, 0) is 4.74 Å². The number of hydrogen-bond donors (Lipinski definition) is 0. The molecule has 2 aliphatic carbocycles. The minimum atomic E-state index is -0.397. The Morgan fingerprint density at radius 1 is 1.04 bits per heavy atom. The third-order valence-electron chi connectivity index (χ3n) is 5.85. The first-order valence-corrected chi connectivity index (χ1v) is 8.51. The molecule has 1 aliphatic heterocycles. The summed E-state index contributed by atoms with van der Waals surface area (Å²) in [5.74, 6) is 1.21. The molecule has 0 aromatic heterocycles. The number of rotatable bonds is 0. The van der Waals surface area contributed by atoms with Gasteiger partial charge in [-0.1, -0.05) is 37.6 Å². The number of benzene rings is 1. The van der Waals surface area contributed by atoms with Crippen LogP contribution in [0.3, 0.4) is 0 Å². The molecule has 0 amide bonds. The van der Waals surface area contributed by atoms with E-state index in [0.29, 0.717) is 34.3 Å². The van der Waals surface area contributed by atoms with E-state index >= 15 is 0 Å². The number of carbonyl (C=O) groups is 2. The van der Waals surface area contributed by atoms with Gasteiger partial charge in [-0.05, 0) is 38.5 Å². The lowest BCUT2D eigenvalue weighted by atomic mass is 9.62. The Balaban J connectivity index is 1.90. The Morgan fingerprint density at radius 2 is 1.70 bits per heavy atom. The summed E-state index contributed by atoms with van der Waals surface area (Å²) in [6.45, 7) is 6.35. The Bertz CT molecular complexity index is 741. The molecule has 1 heterocycles. The van der Waals surface area contributed by atoms with Crippen molar-refractivity contribution in [3.05, 3.63) is 46.7 Å². The number of fused-ring (bicyclic) bond motifs is 3. The topological polar surface area (TPSA) is 43.4 Å². The monoisotopic (exact) mass is 310 g/mol. The smallest absolute Gasteiger partial charge is 0.228 e. The largest absolute Gasteiger partial charge is 0.483 e. The van der Waals surface area contributed by atoms with E-state index in [1.54, 1.807) is 18.2 Å². The van der Waals surface area contributed by atoms with E-state index in [1.807, 2.05) is 6.07 Å². The Hall–Kier alpha value is -1.90. The van der Waals surface area contributed by atoms with Crippen LogP contribution in [0, 0.1) is 17.8 Å². The summed E-state index contributed by atoms with van der Waals surface area (Å²) in [6.07, 6.45) is 3.19. The van der Waals surface area contributed by atoms with Crippen molar-refractivity contribution >= 4 is 11.6 Å². The highest BCUT2D eigenvalue weighted by Crippen LogP contribution is 2.51. The van der Waals surface area contributed by atoms with Gasteiger partial charge in [-0.2, -0.15) is 0 Å². The predicted molar refractivity (Wildman–Crippen MR) is 87.3 cm³/mol. The first-order chi connectivity index (χ1) is 10.9. The van der Waals surface area contributed by atoms with E-state index in [4.69, 9.17) is 4.74 Å². The second-order valence-corrected chi connectivity index (χ2v) is 7.78. The molecule has 1 fully saturated rings. The van der Waals surface area contributed by atoms with Gasteiger partial charge in [-0.3, -0.25) is 9.59 Å². The van der Waals surface area contributed by atoms with Gasteiger partial charge >= 0.3 is 0 Å². The number of Topliss-reactive ketones (excluding diaryl/α,β-unsaturated/α-hetero) is 2. The average molecular weight is 310 g/mol. The molecular formula is C20H22O3. The molecule has 0 unspecified atom stereocenters.